The highest BCUT2D eigenvalue weighted by atomic mass is 19.1. The molecule has 2 N–H and O–H groups in total. The summed E-state index contributed by atoms with van der Waals surface area (Å²) in [6.07, 6.45) is 0. The second kappa shape index (κ2) is 5.83. The number of rotatable bonds is 3. The van der Waals surface area contributed by atoms with Gasteiger partial charge in [0.05, 0.1) is 5.69 Å². The Labute approximate surface area is 122 Å². The summed E-state index contributed by atoms with van der Waals surface area (Å²) in [6, 6.07) is 9.26. The molecule has 0 saturated heterocycles. The average molecular weight is 288 g/mol. The minimum absolute atomic E-state index is 0.143. The lowest BCUT2D eigenvalue weighted by atomic mass is 10.1. The standard InChI is InChI=1S/C16H17FN2O2/c1-10-8-12(5-6-13(10)17)21-15-9-11(4-7-14(15)18)16(20)19(2)3/h4-9H,18H2,1-3H3. The molecule has 0 aliphatic carbocycles. The maximum absolute atomic E-state index is 13.2. The molecule has 2 aromatic carbocycles. The molecule has 0 bridgehead atoms. The smallest absolute Gasteiger partial charge is 0.253 e. The first-order chi connectivity index (χ1) is 9.88. The van der Waals surface area contributed by atoms with E-state index in [1.54, 1.807) is 45.3 Å². The monoisotopic (exact) mass is 288 g/mol. The highest BCUT2D eigenvalue weighted by Crippen LogP contribution is 2.29. The topological polar surface area (TPSA) is 55.6 Å². The van der Waals surface area contributed by atoms with Crippen LogP contribution in [0.15, 0.2) is 36.4 Å². The normalized spacial score (nSPS) is 10.3. The molecule has 0 unspecified atom stereocenters. The molecule has 0 fully saturated rings. The van der Waals surface area contributed by atoms with Crippen molar-refractivity contribution < 1.29 is 13.9 Å². The molecule has 0 heterocycles. The van der Waals surface area contributed by atoms with Crippen molar-refractivity contribution in [3.05, 3.63) is 53.3 Å². The molecule has 2 aromatic rings. The van der Waals surface area contributed by atoms with Crippen molar-refractivity contribution in [1.29, 1.82) is 0 Å². The van der Waals surface area contributed by atoms with E-state index in [0.717, 1.165) is 0 Å². The molecule has 4 nitrogen and oxygen atoms in total. The lowest BCUT2D eigenvalue weighted by molar-refractivity contribution is 0.0827. The number of amides is 1. The van der Waals surface area contributed by atoms with Crippen LogP contribution in [-0.4, -0.2) is 24.9 Å². The molecule has 0 aliphatic rings. The Hall–Kier alpha value is -2.56. The fourth-order valence-corrected chi connectivity index (χ4v) is 1.82. The number of aryl methyl sites for hydroxylation is 1. The van der Waals surface area contributed by atoms with Gasteiger partial charge in [-0.2, -0.15) is 0 Å². The van der Waals surface area contributed by atoms with E-state index in [1.165, 1.54) is 17.0 Å². The van der Waals surface area contributed by atoms with Crippen LogP contribution in [0, 0.1) is 12.7 Å². The molecule has 5 heteroatoms. The number of halogens is 1. The van der Waals surface area contributed by atoms with Crippen LogP contribution >= 0.6 is 0 Å². The van der Waals surface area contributed by atoms with E-state index in [4.69, 9.17) is 10.5 Å². The lowest BCUT2D eigenvalue weighted by Gasteiger charge is -2.13. The molecular formula is C16H17FN2O2. The van der Waals surface area contributed by atoms with Gasteiger partial charge in [-0.1, -0.05) is 0 Å². The Morgan fingerprint density at radius 2 is 1.90 bits per heavy atom. The molecule has 0 atom stereocenters. The van der Waals surface area contributed by atoms with Crippen molar-refractivity contribution in [2.75, 3.05) is 19.8 Å². The number of anilines is 1. The summed E-state index contributed by atoms with van der Waals surface area (Å²) in [5, 5.41) is 0. The first-order valence-electron chi connectivity index (χ1n) is 6.43. The molecule has 2 rings (SSSR count). The van der Waals surface area contributed by atoms with Crippen LogP contribution < -0.4 is 10.5 Å². The number of ether oxygens (including phenoxy) is 1. The highest BCUT2D eigenvalue weighted by Gasteiger charge is 2.12. The second-order valence-electron chi connectivity index (χ2n) is 4.97. The average Bonchev–Trinajstić information content (AvgIpc) is 2.44. The second-order valence-corrected chi connectivity index (χ2v) is 4.97. The molecule has 21 heavy (non-hydrogen) atoms. The zero-order valence-electron chi connectivity index (χ0n) is 12.2. The quantitative estimate of drug-likeness (QED) is 0.882. The van der Waals surface area contributed by atoms with Gasteiger partial charge < -0.3 is 15.4 Å². The number of nitrogens with zero attached hydrogens (tertiary/aromatic N) is 1. The molecule has 110 valence electrons. The van der Waals surface area contributed by atoms with Crippen molar-refractivity contribution in [3.8, 4) is 11.5 Å². The van der Waals surface area contributed by atoms with Gasteiger partial charge in [0, 0.05) is 19.7 Å². The predicted octanol–water partition coefficient (Wildman–Crippen LogP) is 3.21. The fraction of sp³-hybridized carbons (Fsp3) is 0.188. The molecule has 0 saturated carbocycles. The van der Waals surface area contributed by atoms with Gasteiger partial charge in [0.25, 0.3) is 5.91 Å². The van der Waals surface area contributed by atoms with Crippen LogP contribution in [0.25, 0.3) is 0 Å². The van der Waals surface area contributed by atoms with Gasteiger partial charge in [-0.15, -0.1) is 0 Å². The van der Waals surface area contributed by atoms with Crippen LogP contribution in [0.4, 0.5) is 10.1 Å². The largest absolute Gasteiger partial charge is 0.455 e. The zero-order chi connectivity index (χ0) is 15.6. The Bertz CT molecular complexity index is 684. The van der Waals surface area contributed by atoms with E-state index in [1.807, 2.05) is 0 Å². The zero-order valence-corrected chi connectivity index (χ0v) is 12.2. The van der Waals surface area contributed by atoms with Crippen LogP contribution in [0.5, 0.6) is 11.5 Å². The Kier molecular flexibility index (Phi) is 4.12. The maximum Gasteiger partial charge on any atom is 0.253 e. The third kappa shape index (κ3) is 3.31. The molecule has 0 aliphatic heterocycles. The number of benzene rings is 2. The van der Waals surface area contributed by atoms with Gasteiger partial charge in [0.1, 0.15) is 11.6 Å². The van der Waals surface area contributed by atoms with Crippen molar-refractivity contribution in [2.45, 2.75) is 6.92 Å². The third-order valence-electron chi connectivity index (χ3n) is 3.02. The van der Waals surface area contributed by atoms with E-state index in [2.05, 4.69) is 0 Å². The summed E-state index contributed by atoms with van der Waals surface area (Å²) in [5.41, 5.74) is 7.22. The van der Waals surface area contributed by atoms with Gasteiger partial charge in [0.2, 0.25) is 0 Å². The summed E-state index contributed by atoms with van der Waals surface area (Å²) < 4.78 is 18.9. The number of carbonyl (C=O) groups excluding carboxylic acids is 1. The number of hydrogen-bond acceptors (Lipinski definition) is 3. The van der Waals surface area contributed by atoms with E-state index < -0.39 is 0 Å². The van der Waals surface area contributed by atoms with Crippen LogP contribution in [0.1, 0.15) is 15.9 Å². The van der Waals surface area contributed by atoms with Crippen molar-refractivity contribution >= 4 is 11.6 Å². The molecular weight excluding hydrogens is 271 g/mol. The highest BCUT2D eigenvalue weighted by molar-refractivity contribution is 5.94. The fourth-order valence-electron chi connectivity index (χ4n) is 1.82. The van der Waals surface area contributed by atoms with Gasteiger partial charge in [-0.3, -0.25) is 4.79 Å². The first-order valence-corrected chi connectivity index (χ1v) is 6.43. The minimum atomic E-state index is -0.299. The minimum Gasteiger partial charge on any atom is -0.455 e. The summed E-state index contributed by atoms with van der Waals surface area (Å²) in [5.74, 6) is 0.394. The first kappa shape index (κ1) is 14.8. The van der Waals surface area contributed by atoms with Crippen molar-refractivity contribution in [1.82, 2.24) is 4.90 Å². The van der Waals surface area contributed by atoms with Crippen LogP contribution in [0.3, 0.4) is 0 Å². The molecule has 0 aromatic heterocycles. The van der Waals surface area contributed by atoms with Gasteiger partial charge >= 0.3 is 0 Å². The summed E-state index contributed by atoms with van der Waals surface area (Å²) >= 11 is 0. The Morgan fingerprint density at radius 1 is 1.19 bits per heavy atom. The number of carbonyl (C=O) groups is 1. The van der Waals surface area contributed by atoms with Gasteiger partial charge in [-0.25, -0.2) is 4.39 Å². The van der Waals surface area contributed by atoms with Crippen LogP contribution in [0.2, 0.25) is 0 Å². The third-order valence-corrected chi connectivity index (χ3v) is 3.02. The van der Waals surface area contributed by atoms with E-state index in [9.17, 15) is 9.18 Å². The summed E-state index contributed by atoms with van der Waals surface area (Å²) in [7, 11) is 3.34. The van der Waals surface area contributed by atoms with E-state index >= 15 is 0 Å². The molecule has 0 radical (unpaired) electrons. The predicted molar refractivity (Wildman–Crippen MR) is 80.1 cm³/mol. The van der Waals surface area contributed by atoms with E-state index in [0.29, 0.717) is 28.3 Å². The lowest BCUT2D eigenvalue weighted by Crippen LogP contribution is -2.21. The van der Waals surface area contributed by atoms with Crippen LogP contribution in [-0.2, 0) is 0 Å². The van der Waals surface area contributed by atoms with Gasteiger partial charge in [-0.05, 0) is 48.9 Å². The Balaban J connectivity index is 2.32. The maximum atomic E-state index is 13.2. The summed E-state index contributed by atoms with van der Waals surface area (Å²) in [4.78, 5) is 13.4. The van der Waals surface area contributed by atoms with Gasteiger partial charge in [0.15, 0.2) is 5.75 Å². The molecule has 1 amide bonds. The summed E-state index contributed by atoms with van der Waals surface area (Å²) in [6.45, 7) is 1.65. The van der Waals surface area contributed by atoms with Crippen molar-refractivity contribution in [2.24, 2.45) is 0 Å². The SMILES string of the molecule is Cc1cc(Oc2cc(C(=O)N(C)C)ccc2N)ccc1F. The van der Waals surface area contributed by atoms with Crippen molar-refractivity contribution in [3.63, 3.8) is 0 Å². The number of nitrogens with two attached hydrogens (primary N) is 1. The number of hydrogen-bond donors (Lipinski definition) is 1. The molecule has 0 spiro atoms. The number of nitrogen functional groups attached to an aromatic ring is 1. The Morgan fingerprint density at radius 3 is 2.52 bits per heavy atom. The van der Waals surface area contributed by atoms with E-state index in [-0.39, 0.29) is 11.7 Å².